The summed E-state index contributed by atoms with van der Waals surface area (Å²) in [6.07, 6.45) is 0.991. The van der Waals surface area contributed by atoms with E-state index < -0.39 is 5.97 Å². The van der Waals surface area contributed by atoms with Gasteiger partial charge in [0.1, 0.15) is 0 Å². The average molecular weight is 360 g/mol. The van der Waals surface area contributed by atoms with E-state index in [0.29, 0.717) is 31.5 Å². The minimum atomic E-state index is -0.775. The number of rotatable bonds is 3. The zero-order chi connectivity index (χ0) is 18.8. The molecule has 2 aromatic carbocycles. The first-order chi connectivity index (χ1) is 13.1. The van der Waals surface area contributed by atoms with Crippen LogP contribution in [0.2, 0.25) is 0 Å². The molecule has 0 aliphatic carbocycles. The summed E-state index contributed by atoms with van der Waals surface area (Å²) in [6.45, 7) is 0.931. The molecule has 0 spiro atoms. The lowest BCUT2D eigenvalue weighted by Gasteiger charge is -2.30. The molecular formula is C22H20N2O3. The number of aliphatic carboxylic acids is 1. The van der Waals surface area contributed by atoms with E-state index >= 15 is 0 Å². The fourth-order valence-corrected chi connectivity index (χ4v) is 3.61. The maximum absolute atomic E-state index is 13.2. The van der Waals surface area contributed by atoms with Gasteiger partial charge in [-0.3, -0.25) is 9.59 Å². The second-order valence-electron chi connectivity index (χ2n) is 6.84. The number of pyridine rings is 1. The molecule has 1 aromatic heterocycles. The number of carboxylic acids is 1. The van der Waals surface area contributed by atoms with Crippen LogP contribution in [0.5, 0.6) is 0 Å². The zero-order valence-corrected chi connectivity index (χ0v) is 14.8. The number of para-hydroxylation sites is 1. The first kappa shape index (κ1) is 17.2. The molecule has 4 rings (SSSR count). The van der Waals surface area contributed by atoms with Crippen LogP contribution < -0.4 is 0 Å². The van der Waals surface area contributed by atoms with Crippen molar-refractivity contribution in [2.24, 2.45) is 5.92 Å². The van der Waals surface area contributed by atoms with Crippen LogP contribution in [0.25, 0.3) is 22.2 Å². The molecular weight excluding hydrogens is 340 g/mol. The highest BCUT2D eigenvalue weighted by Crippen LogP contribution is 2.27. The van der Waals surface area contributed by atoms with Crippen molar-refractivity contribution in [3.05, 3.63) is 66.2 Å². The van der Waals surface area contributed by atoms with Crippen LogP contribution in [-0.2, 0) is 4.79 Å². The molecule has 1 N–H and O–H groups in total. The predicted octanol–water partition coefficient (Wildman–Crippen LogP) is 3.84. The Balaban J connectivity index is 1.72. The van der Waals surface area contributed by atoms with Crippen molar-refractivity contribution in [3.8, 4) is 11.3 Å². The van der Waals surface area contributed by atoms with Crippen molar-refractivity contribution in [1.29, 1.82) is 0 Å². The Bertz CT molecular complexity index is 993. The fourth-order valence-electron chi connectivity index (χ4n) is 3.61. The number of benzene rings is 2. The molecule has 1 amide bonds. The second kappa shape index (κ2) is 7.19. The number of carboxylic acid groups (broad SMARTS) is 1. The summed E-state index contributed by atoms with van der Waals surface area (Å²) in [7, 11) is 0. The Hall–Kier alpha value is -3.21. The van der Waals surface area contributed by atoms with Gasteiger partial charge in [-0.05, 0) is 25.0 Å². The molecule has 1 aliphatic heterocycles. The van der Waals surface area contributed by atoms with Crippen LogP contribution in [-0.4, -0.2) is 40.0 Å². The number of likely N-dealkylation sites (tertiary alicyclic amines) is 1. The van der Waals surface area contributed by atoms with Crippen LogP contribution >= 0.6 is 0 Å². The van der Waals surface area contributed by atoms with E-state index in [2.05, 4.69) is 0 Å². The Kier molecular flexibility index (Phi) is 4.59. The third-order valence-electron chi connectivity index (χ3n) is 5.15. The third kappa shape index (κ3) is 3.40. The zero-order valence-electron chi connectivity index (χ0n) is 14.8. The van der Waals surface area contributed by atoms with E-state index in [1.54, 1.807) is 4.90 Å². The molecule has 5 nitrogen and oxygen atoms in total. The van der Waals surface area contributed by atoms with Gasteiger partial charge in [0, 0.05) is 24.0 Å². The van der Waals surface area contributed by atoms with Gasteiger partial charge in [-0.1, -0.05) is 48.5 Å². The van der Waals surface area contributed by atoms with Crippen molar-refractivity contribution < 1.29 is 14.7 Å². The maximum Gasteiger partial charge on any atom is 0.306 e. The Morgan fingerprint density at radius 1 is 0.963 bits per heavy atom. The van der Waals surface area contributed by atoms with Gasteiger partial charge in [0.2, 0.25) is 0 Å². The lowest BCUT2D eigenvalue weighted by atomic mass is 9.96. The molecule has 2 heterocycles. The maximum atomic E-state index is 13.2. The summed E-state index contributed by atoms with van der Waals surface area (Å²) in [5.74, 6) is -1.19. The topological polar surface area (TPSA) is 70.5 Å². The van der Waals surface area contributed by atoms with E-state index in [9.17, 15) is 14.7 Å². The number of nitrogens with zero attached hydrogens (tertiary/aromatic N) is 2. The van der Waals surface area contributed by atoms with Gasteiger partial charge in [-0.15, -0.1) is 0 Å². The highest BCUT2D eigenvalue weighted by atomic mass is 16.4. The molecule has 1 saturated heterocycles. The number of piperidine rings is 1. The third-order valence-corrected chi connectivity index (χ3v) is 5.15. The van der Waals surface area contributed by atoms with Crippen LogP contribution in [0.4, 0.5) is 0 Å². The van der Waals surface area contributed by atoms with Gasteiger partial charge >= 0.3 is 5.97 Å². The standard InChI is InChI=1S/C22H20N2O3/c25-21(24-12-10-16(11-13-24)22(26)27)18-14-20(15-6-2-1-3-7-15)23-19-9-5-4-8-17(18)19/h1-9,14,16H,10-13H2,(H,26,27). The van der Waals surface area contributed by atoms with Gasteiger partial charge in [-0.25, -0.2) is 4.98 Å². The molecule has 3 aromatic rings. The summed E-state index contributed by atoms with van der Waals surface area (Å²) >= 11 is 0. The Morgan fingerprint density at radius 3 is 2.33 bits per heavy atom. The molecule has 0 saturated carbocycles. The first-order valence-corrected chi connectivity index (χ1v) is 9.11. The van der Waals surface area contributed by atoms with E-state index in [1.165, 1.54) is 0 Å². The number of carbonyl (C=O) groups is 2. The monoisotopic (exact) mass is 360 g/mol. The summed E-state index contributed by atoms with van der Waals surface area (Å²) in [5.41, 5.74) is 3.12. The smallest absolute Gasteiger partial charge is 0.306 e. The minimum Gasteiger partial charge on any atom is -0.481 e. The van der Waals surface area contributed by atoms with Gasteiger partial charge in [0.15, 0.2) is 0 Å². The quantitative estimate of drug-likeness (QED) is 0.770. The molecule has 5 heteroatoms. The number of hydrogen-bond donors (Lipinski definition) is 1. The van der Waals surface area contributed by atoms with Gasteiger partial charge < -0.3 is 10.0 Å². The molecule has 0 bridgehead atoms. The molecule has 1 aliphatic rings. The first-order valence-electron chi connectivity index (χ1n) is 9.11. The van der Waals surface area contributed by atoms with E-state index in [1.807, 2.05) is 60.7 Å². The lowest BCUT2D eigenvalue weighted by molar-refractivity contribution is -0.143. The lowest BCUT2D eigenvalue weighted by Crippen LogP contribution is -2.40. The normalized spacial score (nSPS) is 15.0. The molecule has 1 fully saturated rings. The minimum absolute atomic E-state index is 0.0605. The van der Waals surface area contributed by atoms with Crippen molar-refractivity contribution in [2.75, 3.05) is 13.1 Å². The van der Waals surface area contributed by atoms with Gasteiger partial charge in [0.05, 0.1) is 22.7 Å². The van der Waals surface area contributed by atoms with Crippen LogP contribution in [0.15, 0.2) is 60.7 Å². The average Bonchev–Trinajstić information content (AvgIpc) is 2.73. The number of amides is 1. The van der Waals surface area contributed by atoms with E-state index in [-0.39, 0.29) is 11.8 Å². The Morgan fingerprint density at radius 2 is 1.63 bits per heavy atom. The molecule has 0 atom stereocenters. The fraction of sp³-hybridized carbons (Fsp3) is 0.227. The summed E-state index contributed by atoms with van der Waals surface area (Å²) in [4.78, 5) is 30.9. The number of hydrogen-bond acceptors (Lipinski definition) is 3. The number of fused-ring (bicyclic) bond motifs is 1. The Labute approximate surface area is 157 Å². The highest BCUT2D eigenvalue weighted by molar-refractivity contribution is 6.07. The van der Waals surface area contributed by atoms with Crippen molar-refractivity contribution in [1.82, 2.24) is 9.88 Å². The largest absolute Gasteiger partial charge is 0.481 e. The summed E-state index contributed by atoms with van der Waals surface area (Å²) in [5, 5.41) is 9.99. The van der Waals surface area contributed by atoms with Crippen molar-refractivity contribution >= 4 is 22.8 Å². The summed E-state index contributed by atoms with van der Waals surface area (Å²) in [6, 6.07) is 19.3. The molecule has 0 radical (unpaired) electrons. The molecule has 27 heavy (non-hydrogen) atoms. The molecule has 136 valence electrons. The predicted molar refractivity (Wildman–Crippen MR) is 103 cm³/mol. The van der Waals surface area contributed by atoms with Crippen LogP contribution in [0, 0.1) is 5.92 Å². The summed E-state index contributed by atoms with van der Waals surface area (Å²) < 4.78 is 0. The highest BCUT2D eigenvalue weighted by Gasteiger charge is 2.28. The second-order valence-corrected chi connectivity index (χ2v) is 6.84. The van der Waals surface area contributed by atoms with E-state index in [0.717, 1.165) is 22.2 Å². The number of aromatic nitrogens is 1. The van der Waals surface area contributed by atoms with Gasteiger partial charge in [-0.2, -0.15) is 0 Å². The van der Waals surface area contributed by atoms with E-state index in [4.69, 9.17) is 4.98 Å². The van der Waals surface area contributed by atoms with Crippen LogP contribution in [0.3, 0.4) is 0 Å². The van der Waals surface area contributed by atoms with Crippen molar-refractivity contribution in [2.45, 2.75) is 12.8 Å². The van der Waals surface area contributed by atoms with Crippen LogP contribution in [0.1, 0.15) is 23.2 Å². The number of carbonyl (C=O) groups excluding carboxylic acids is 1. The van der Waals surface area contributed by atoms with Gasteiger partial charge in [0.25, 0.3) is 5.91 Å². The SMILES string of the molecule is O=C(O)C1CCN(C(=O)c2cc(-c3ccccc3)nc3ccccc23)CC1. The molecule has 0 unspecified atom stereocenters. The van der Waals surface area contributed by atoms with Crippen molar-refractivity contribution in [3.63, 3.8) is 0 Å².